The summed E-state index contributed by atoms with van der Waals surface area (Å²) in [4.78, 5) is 18.7. The van der Waals surface area contributed by atoms with Crippen molar-refractivity contribution >= 4 is 5.91 Å². The second kappa shape index (κ2) is 6.17. The molecule has 0 spiro atoms. The number of H-pyrrole nitrogens is 1. The van der Waals surface area contributed by atoms with E-state index < -0.39 is 0 Å². The summed E-state index contributed by atoms with van der Waals surface area (Å²) in [5.41, 5.74) is 0. The molecule has 5 heteroatoms. The van der Waals surface area contributed by atoms with E-state index in [-0.39, 0.29) is 11.8 Å². The van der Waals surface area contributed by atoms with Gasteiger partial charge >= 0.3 is 0 Å². The maximum Gasteiger partial charge on any atom is 0.293 e. The van der Waals surface area contributed by atoms with Crippen LogP contribution < -0.4 is 0 Å². The Bertz CT molecular complexity index is 421. The van der Waals surface area contributed by atoms with Crippen molar-refractivity contribution in [3.05, 3.63) is 11.6 Å². The lowest BCUT2D eigenvalue weighted by atomic mass is 9.94. The topological polar surface area (TPSA) is 61.9 Å². The Labute approximate surface area is 114 Å². The highest BCUT2D eigenvalue weighted by Gasteiger charge is 2.27. The van der Waals surface area contributed by atoms with E-state index in [2.05, 4.69) is 15.2 Å². The van der Waals surface area contributed by atoms with Crippen molar-refractivity contribution in [1.82, 2.24) is 20.1 Å². The average molecular weight is 264 g/mol. The lowest BCUT2D eigenvalue weighted by Crippen LogP contribution is -2.41. The van der Waals surface area contributed by atoms with Crippen molar-refractivity contribution in [2.75, 3.05) is 6.54 Å². The molecule has 5 nitrogen and oxygen atoms in total. The molecule has 1 amide bonds. The van der Waals surface area contributed by atoms with Crippen molar-refractivity contribution in [3.63, 3.8) is 0 Å². The summed E-state index contributed by atoms with van der Waals surface area (Å²) in [5.74, 6) is 1.33. The molecular weight excluding hydrogens is 240 g/mol. The van der Waals surface area contributed by atoms with Crippen LogP contribution in [0.1, 0.15) is 75.2 Å². The molecule has 0 bridgehead atoms. The highest BCUT2D eigenvalue weighted by atomic mass is 16.2. The molecule has 1 aliphatic carbocycles. The number of aromatic nitrogens is 3. The summed E-state index contributed by atoms with van der Waals surface area (Å²) in [5, 5.41) is 6.93. The molecule has 106 valence electrons. The van der Waals surface area contributed by atoms with Crippen LogP contribution in [-0.2, 0) is 0 Å². The minimum Gasteiger partial charge on any atom is -0.333 e. The third kappa shape index (κ3) is 3.14. The number of hydrogen-bond acceptors (Lipinski definition) is 3. The zero-order valence-corrected chi connectivity index (χ0v) is 12.1. The zero-order valence-electron chi connectivity index (χ0n) is 12.1. The molecule has 2 rings (SSSR count). The molecular formula is C14H24N4O. The van der Waals surface area contributed by atoms with Gasteiger partial charge in [-0.3, -0.25) is 9.89 Å². The second-order valence-corrected chi connectivity index (χ2v) is 5.58. The van der Waals surface area contributed by atoms with Gasteiger partial charge in [-0.25, -0.2) is 4.98 Å². The minimum absolute atomic E-state index is 0.0300. The number of carbonyl (C=O) groups is 1. The van der Waals surface area contributed by atoms with Crippen LogP contribution in [-0.4, -0.2) is 38.6 Å². The normalized spacial score (nSPS) is 16.8. The van der Waals surface area contributed by atoms with Crippen LogP contribution in [0.4, 0.5) is 0 Å². The van der Waals surface area contributed by atoms with Gasteiger partial charge in [0, 0.05) is 18.5 Å². The zero-order chi connectivity index (χ0) is 13.8. The van der Waals surface area contributed by atoms with E-state index in [0.29, 0.717) is 11.9 Å². The summed E-state index contributed by atoms with van der Waals surface area (Å²) in [6.45, 7) is 6.83. The van der Waals surface area contributed by atoms with Crippen LogP contribution in [0.25, 0.3) is 0 Å². The number of nitrogens with one attached hydrogen (secondary N) is 1. The first-order valence-corrected chi connectivity index (χ1v) is 7.36. The SMILES string of the molecule is CCN(C(=O)c1n[nH]c(C(C)C)n1)C1CCCCC1. The van der Waals surface area contributed by atoms with E-state index in [1.807, 2.05) is 25.7 Å². The highest BCUT2D eigenvalue weighted by molar-refractivity contribution is 5.90. The van der Waals surface area contributed by atoms with Crippen molar-refractivity contribution in [2.24, 2.45) is 0 Å². The molecule has 0 unspecified atom stereocenters. The molecule has 1 fully saturated rings. The average Bonchev–Trinajstić information content (AvgIpc) is 2.90. The molecule has 1 aromatic rings. The predicted octanol–water partition coefficient (Wildman–Crippen LogP) is 2.72. The maximum absolute atomic E-state index is 12.5. The Morgan fingerprint density at radius 2 is 2.05 bits per heavy atom. The predicted molar refractivity (Wildman–Crippen MR) is 74.1 cm³/mol. The summed E-state index contributed by atoms with van der Waals surface area (Å²) >= 11 is 0. The van der Waals surface area contributed by atoms with Gasteiger partial charge in [-0.1, -0.05) is 33.1 Å². The Morgan fingerprint density at radius 3 is 2.58 bits per heavy atom. The smallest absolute Gasteiger partial charge is 0.293 e. The number of amides is 1. The van der Waals surface area contributed by atoms with Gasteiger partial charge in [0.2, 0.25) is 5.82 Å². The molecule has 1 aliphatic rings. The molecule has 19 heavy (non-hydrogen) atoms. The third-order valence-electron chi connectivity index (χ3n) is 3.86. The van der Waals surface area contributed by atoms with Crippen LogP contribution in [0.2, 0.25) is 0 Å². The van der Waals surface area contributed by atoms with Crippen molar-refractivity contribution in [1.29, 1.82) is 0 Å². The van der Waals surface area contributed by atoms with E-state index in [1.165, 1.54) is 19.3 Å². The van der Waals surface area contributed by atoms with Crippen molar-refractivity contribution in [3.8, 4) is 0 Å². The van der Waals surface area contributed by atoms with Crippen LogP contribution in [0.5, 0.6) is 0 Å². The lowest BCUT2D eigenvalue weighted by molar-refractivity contribution is 0.0635. The molecule has 1 N–H and O–H groups in total. The van der Waals surface area contributed by atoms with Gasteiger partial charge in [0.25, 0.3) is 5.91 Å². The largest absolute Gasteiger partial charge is 0.333 e. The molecule has 0 saturated heterocycles. The van der Waals surface area contributed by atoms with E-state index in [1.54, 1.807) is 0 Å². The molecule has 1 aromatic heterocycles. The fourth-order valence-electron chi connectivity index (χ4n) is 2.72. The number of nitrogens with zero attached hydrogens (tertiary/aromatic N) is 3. The van der Waals surface area contributed by atoms with Gasteiger partial charge in [0.1, 0.15) is 5.82 Å². The first-order valence-electron chi connectivity index (χ1n) is 7.36. The number of hydrogen-bond donors (Lipinski definition) is 1. The number of carbonyl (C=O) groups excluding carboxylic acids is 1. The Kier molecular flexibility index (Phi) is 4.56. The second-order valence-electron chi connectivity index (χ2n) is 5.58. The van der Waals surface area contributed by atoms with E-state index in [9.17, 15) is 4.79 Å². The summed E-state index contributed by atoms with van der Waals surface area (Å²) in [7, 11) is 0. The Balaban J connectivity index is 2.10. The summed E-state index contributed by atoms with van der Waals surface area (Å²) in [6, 6.07) is 0.368. The first-order chi connectivity index (χ1) is 9.13. The maximum atomic E-state index is 12.5. The van der Waals surface area contributed by atoms with Crippen LogP contribution in [0.3, 0.4) is 0 Å². The molecule has 0 radical (unpaired) electrons. The quantitative estimate of drug-likeness (QED) is 0.909. The Hall–Kier alpha value is -1.39. The molecule has 1 heterocycles. The van der Waals surface area contributed by atoms with Gasteiger partial charge in [0.05, 0.1) is 0 Å². The molecule has 0 atom stereocenters. The van der Waals surface area contributed by atoms with Crippen molar-refractivity contribution < 1.29 is 4.79 Å². The Morgan fingerprint density at radius 1 is 1.37 bits per heavy atom. The van der Waals surface area contributed by atoms with Crippen LogP contribution in [0.15, 0.2) is 0 Å². The van der Waals surface area contributed by atoms with Gasteiger partial charge < -0.3 is 4.90 Å². The summed E-state index contributed by atoms with van der Waals surface area (Å²) in [6.07, 6.45) is 5.96. The van der Waals surface area contributed by atoms with Gasteiger partial charge in [-0.15, -0.1) is 5.10 Å². The monoisotopic (exact) mass is 264 g/mol. The highest BCUT2D eigenvalue weighted by Crippen LogP contribution is 2.23. The van der Waals surface area contributed by atoms with E-state index >= 15 is 0 Å². The third-order valence-corrected chi connectivity index (χ3v) is 3.86. The minimum atomic E-state index is -0.0300. The standard InChI is InChI=1S/C14H24N4O/c1-4-18(11-8-6-5-7-9-11)14(19)13-15-12(10(2)3)16-17-13/h10-11H,4-9H2,1-3H3,(H,15,16,17). The van der Waals surface area contributed by atoms with E-state index in [4.69, 9.17) is 0 Å². The fraction of sp³-hybridized carbons (Fsp3) is 0.786. The molecule has 1 saturated carbocycles. The van der Waals surface area contributed by atoms with Crippen LogP contribution in [0, 0.1) is 0 Å². The summed E-state index contributed by atoms with van der Waals surface area (Å²) < 4.78 is 0. The van der Waals surface area contributed by atoms with Gasteiger partial charge in [0.15, 0.2) is 0 Å². The fourth-order valence-corrected chi connectivity index (χ4v) is 2.72. The number of rotatable bonds is 4. The number of aromatic amines is 1. The molecule has 0 aromatic carbocycles. The lowest BCUT2D eigenvalue weighted by Gasteiger charge is -2.32. The van der Waals surface area contributed by atoms with Crippen LogP contribution >= 0.6 is 0 Å². The van der Waals surface area contributed by atoms with Crippen molar-refractivity contribution in [2.45, 2.75) is 64.8 Å². The van der Waals surface area contributed by atoms with E-state index in [0.717, 1.165) is 25.2 Å². The van der Waals surface area contributed by atoms with Gasteiger partial charge in [-0.2, -0.15) is 0 Å². The first kappa shape index (κ1) is 14.0. The van der Waals surface area contributed by atoms with Gasteiger partial charge in [-0.05, 0) is 19.8 Å². The molecule has 0 aliphatic heterocycles.